The number of rotatable bonds is 5. The molecule has 4 nitrogen and oxygen atoms in total. The number of nitrogens with one attached hydrogen (secondary N) is 1. The average molecular weight is 340 g/mol. The number of imide groups is 1. The fourth-order valence-corrected chi connectivity index (χ4v) is 3.49. The Hall–Kier alpha value is -2.40. The summed E-state index contributed by atoms with van der Waals surface area (Å²) in [6, 6.07) is 11.5. The van der Waals surface area contributed by atoms with Gasteiger partial charge in [-0.15, -0.1) is 11.3 Å². The van der Waals surface area contributed by atoms with Crippen LogP contribution in [0, 0.1) is 12.8 Å². The lowest BCUT2D eigenvalue weighted by molar-refractivity contribution is -0.137. The maximum Gasteiger partial charge on any atom is 0.278 e. The first-order valence-electron chi connectivity index (χ1n) is 7.96. The molecular weight excluding hydrogens is 320 g/mol. The standard InChI is InChI=1S/C19H20N2O2S/c1-12(2)11-21-18(22)16(15-9-6-10-24-15)17(19(21)23)20-14-8-5-4-7-13(14)3/h4-10,12,20H,11H2,1-3H3. The highest BCUT2D eigenvalue weighted by Crippen LogP contribution is 2.33. The largest absolute Gasteiger partial charge is 0.350 e. The fraction of sp³-hybridized carbons (Fsp3) is 0.263. The Morgan fingerprint density at radius 1 is 1.08 bits per heavy atom. The lowest BCUT2D eigenvalue weighted by atomic mass is 10.1. The highest BCUT2D eigenvalue weighted by atomic mass is 32.1. The molecule has 0 aliphatic carbocycles. The van der Waals surface area contributed by atoms with Gasteiger partial charge in [-0.2, -0.15) is 0 Å². The molecule has 0 saturated heterocycles. The van der Waals surface area contributed by atoms with Crippen LogP contribution in [-0.2, 0) is 9.59 Å². The van der Waals surface area contributed by atoms with Crippen LogP contribution in [-0.4, -0.2) is 23.3 Å². The number of carbonyl (C=O) groups is 2. The van der Waals surface area contributed by atoms with Crippen LogP contribution in [0.2, 0.25) is 0 Å². The number of carbonyl (C=O) groups excluding carboxylic acids is 2. The lowest BCUT2D eigenvalue weighted by Gasteiger charge is -2.17. The quantitative estimate of drug-likeness (QED) is 0.840. The van der Waals surface area contributed by atoms with E-state index in [1.165, 1.54) is 16.2 Å². The van der Waals surface area contributed by atoms with Crippen molar-refractivity contribution in [1.29, 1.82) is 0 Å². The molecule has 0 bridgehead atoms. The molecule has 24 heavy (non-hydrogen) atoms. The summed E-state index contributed by atoms with van der Waals surface area (Å²) >= 11 is 1.47. The molecule has 0 atom stereocenters. The van der Waals surface area contributed by atoms with E-state index in [0.717, 1.165) is 16.1 Å². The molecule has 1 aliphatic heterocycles. The van der Waals surface area contributed by atoms with Gasteiger partial charge in [-0.3, -0.25) is 14.5 Å². The summed E-state index contributed by atoms with van der Waals surface area (Å²) in [6.07, 6.45) is 0. The van der Waals surface area contributed by atoms with Gasteiger partial charge in [0.15, 0.2) is 0 Å². The fourth-order valence-electron chi connectivity index (χ4n) is 2.72. The van der Waals surface area contributed by atoms with E-state index in [1.807, 2.05) is 62.5 Å². The number of para-hydroxylation sites is 1. The molecule has 5 heteroatoms. The van der Waals surface area contributed by atoms with Gasteiger partial charge in [0.1, 0.15) is 5.70 Å². The van der Waals surface area contributed by atoms with Gasteiger partial charge >= 0.3 is 0 Å². The molecule has 1 N–H and O–H groups in total. The SMILES string of the molecule is Cc1ccccc1NC1=C(c2cccs2)C(=O)N(CC(C)C)C1=O. The normalized spacial score (nSPS) is 14.9. The molecular formula is C19H20N2O2S. The monoisotopic (exact) mass is 340 g/mol. The molecule has 124 valence electrons. The van der Waals surface area contributed by atoms with Gasteiger partial charge in [-0.1, -0.05) is 38.1 Å². The zero-order chi connectivity index (χ0) is 17.3. The van der Waals surface area contributed by atoms with Crippen LogP contribution in [0.4, 0.5) is 5.69 Å². The molecule has 2 amide bonds. The topological polar surface area (TPSA) is 49.4 Å². The Bertz CT molecular complexity index is 807. The molecule has 0 fully saturated rings. The molecule has 2 aromatic rings. The van der Waals surface area contributed by atoms with E-state index >= 15 is 0 Å². The minimum atomic E-state index is -0.250. The number of thiophene rings is 1. The Balaban J connectivity index is 2.05. The summed E-state index contributed by atoms with van der Waals surface area (Å²) in [5, 5.41) is 5.12. The first-order chi connectivity index (χ1) is 11.5. The van der Waals surface area contributed by atoms with Gasteiger partial charge in [-0.05, 0) is 35.9 Å². The van der Waals surface area contributed by atoms with Gasteiger partial charge < -0.3 is 5.32 Å². The van der Waals surface area contributed by atoms with Crippen LogP contribution in [0.15, 0.2) is 47.5 Å². The summed E-state index contributed by atoms with van der Waals surface area (Å²) < 4.78 is 0. The third-order valence-corrected chi connectivity index (χ3v) is 4.78. The van der Waals surface area contributed by atoms with Crippen molar-refractivity contribution in [1.82, 2.24) is 4.90 Å². The van der Waals surface area contributed by atoms with Crippen molar-refractivity contribution in [2.24, 2.45) is 5.92 Å². The van der Waals surface area contributed by atoms with Gasteiger partial charge in [0.05, 0.1) is 5.57 Å². The van der Waals surface area contributed by atoms with Gasteiger partial charge in [0.25, 0.3) is 11.8 Å². The molecule has 0 radical (unpaired) electrons. The van der Waals surface area contributed by atoms with E-state index in [1.54, 1.807) is 0 Å². The molecule has 3 rings (SSSR count). The van der Waals surface area contributed by atoms with Crippen LogP contribution in [0.5, 0.6) is 0 Å². The van der Waals surface area contributed by atoms with Crippen molar-refractivity contribution >= 4 is 34.4 Å². The summed E-state index contributed by atoms with van der Waals surface area (Å²) in [4.78, 5) is 27.9. The Morgan fingerprint density at radius 2 is 1.83 bits per heavy atom. The van der Waals surface area contributed by atoms with E-state index in [-0.39, 0.29) is 17.7 Å². The molecule has 0 unspecified atom stereocenters. The number of hydrogen-bond acceptors (Lipinski definition) is 4. The van der Waals surface area contributed by atoms with Gasteiger partial charge in [0, 0.05) is 17.1 Å². The summed E-state index contributed by atoms with van der Waals surface area (Å²) in [5.41, 5.74) is 2.71. The van der Waals surface area contributed by atoms with Crippen molar-refractivity contribution < 1.29 is 9.59 Å². The zero-order valence-electron chi connectivity index (χ0n) is 14.0. The number of nitrogens with zero attached hydrogens (tertiary/aromatic N) is 1. The third kappa shape index (κ3) is 2.99. The van der Waals surface area contributed by atoms with Crippen LogP contribution < -0.4 is 5.32 Å². The summed E-state index contributed by atoms with van der Waals surface area (Å²) in [7, 11) is 0. The zero-order valence-corrected chi connectivity index (χ0v) is 14.8. The van der Waals surface area contributed by atoms with Crippen LogP contribution in [0.1, 0.15) is 24.3 Å². The van der Waals surface area contributed by atoms with E-state index < -0.39 is 0 Å². The minimum absolute atomic E-state index is 0.216. The second-order valence-corrected chi connectivity index (χ2v) is 7.23. The second kappa shape index (κ2) is 6.61. The smallest absolute Gasteiger partial charge is 0.278 e. The van der Waals surface area contributed by atoms with E-state index in [4.69, 9.17) is 0 Å². The number of hydrogen-bond donors (Lipinski definition) is 1. The van der Waals surface area contributed by atoms with Crippen molar-refractivity contribution in [2.45, 2.75) is 20.8 Å². The van der Waals surface area contributed by atoms with Crippen molar-refractivity contribution in [3.8, 4) is 0 Å². The molecule has 2 heterocycles. The first-order valence-corrected chi connectivity index (χ1v) is 8.84. The lowest BCUT2D eigenvalue weighted by Crippen LogP contribution is -2.35. The highest BCUT2D eigenvalue weighted by Gasteiger charge is 2.39. The number of anilines is 1. The van der Waals surface area contributed by atoms with Gasteiger partial charge in [-0.25, -0.2) is 0 Å². The second-order valence-electron chi connectivity index (χ2n) is 6.28. The van der Waals surface area contributed by atoms with Crippen molar-refractivity contribution in [3.05, 3.63) is 57.9 Å². The van der Waals surface area contributed by atoms with Crippen LogP contribution in [0.3, 0.4) is 0 Å². The van der Waals surface area contributed by atoms with Crippen molar-refractivity contribution in [2.75, 3.05) is 11.9 Å². The van der Waals surface area contributed by atoms with E-state index in [9.17, 15) is 9.59 Å². The van der Waals surface area contributed by atoms with Crippen LogP contribution in [0.25, 0.3) is 5.57 Å². The maximum absolute atomic E-state index is 12.9. The molecule has 1 aliphatic rings. The van der Waals surface area contributed by atoms with Crippen LogP contribution >= 0.6 is 11.3 Å². The number of benzene rings is 1. The summed E-state index contributed by atoms with van der Waals surface area (Å²) in [6.45, 7) is 6.39. The Labute approximate surface area is 145 Å². The molecule has 0 saturated carbocycles. The highest BCUT2D eigenvalue weighted by molar-refractivity contribution is 7.11. The Kier molecular flexibility index (Phi) is 4.53. The molecule has 1 aromatic carbocycles. The Morgan fingerprint density at radius 3 is 2.46 bits per heavy atom. The van der Waals surface area contributed by atoms with E-state index in [2.05, 4.69) is 5.32 Å². The third-order valence-electron chi connectivity index (χ3n) is 3.89. The predicted molar refractivity (Wildman–Crippen MR) is 97.6 cm³/mol. The molecule has 0 spiro atoms. The van der Waals surface area contributed by atoms with Crippen molar-refractivity contribution in [3.63, 3.8) is 0 Å². The minimum Gasteiger partial charge on any atom is -0.350 e. The van der Waals surface area contributed by atoms with E-state index in [0.29, 0.717) is 17.8 Å². The predicted octanol–water partition coefficient (Wildman–Crippen LogP) is 3.90. The number of aryl methyl sites for hydroxylation is 1. The summed E-state index contributed by atoms with van der Waals surface area (Å²) in [5.74, 6) is -0.243. The molecule has 1 aromatic heterocycles. The first kappa shape index (κ1) is 16.5. The van der Waals surface area contributed by atoms with Gasteiger partial charge in [0.2, 0.25) is 0 Å². The maximum atomic E-state index is 12.9. The average Bonchev–Trinajstić information content (AvgIpc) is 3.13. The number of amides is 2.